The fourth-order valence-corrected chi connectivity index (χ4v) is 3.40. The molecule has 1 N–H and O–H groups in total. The highest BCUT2D eigenvalue weighted by Crippen LogP contribution is 2.38. The molecule has 2 aliphatic rings. The van der Waals surface area contributed by atoms with Crippen LogP contribution in [0.1, 0.15) is 24.2 Å². The number of ether oxygens (including phenoxy) is 1. The second kappa shape index (κ2) is 7.60. The SMILES string of the molecule is O=C(C1CNCCO1)N(Cc1ccc(-c2ccccc2C(F)(F)F)o1)C1CC1. The fraction of sp³-hybridized carbons (Fsp3) is 0.450. The third-order valence-electron chi connectivity index (χ3n) is 4.96. The molecule has 150 valence electrons. The molecule has 1 aromatic carbocycles. The van der Waals surface area contributed by atoms with Crippen LogP contribution in [-0.2, 0) is 22.3 Å². The molecule has 2 aromatic rings. The number of rotatable bonds is 5. The van der Waals surface area contributed by atoms with Crippen molar-refractivity contribution in [2.75, 3.05) is 19.7 Å². The molecule has 1 aliphatic heterocycles. The summed E-state index contributed by atoms with van der Waals surface area (Å²) in [6, 6.07) is 8.59. The number of carbonyl (C=O) groups excluding carboxylic acids is 1. The Balaban J connectivity index is 1.53. The Morgan fingerprint density at radius 1 is 1.18 bits per heavy atom. The average Bonchev–Trinajstić information content (AvgIpc) is 3.43. The lowest BCUT2D eigenvalue weighted by molar-refractivity contribution is -0.146. The number of carbonyl (C=O) groups is 1. The van der Waals surface area contributed by atoms with Crippen LogP contribution in [-0.4, -0.2) is 42.6 Å². The van der Waals surface area contributed by atoms with E-state index in [-0.39, 0.29) is 29.8 Å². The Bertz CT molecular complexity index is 839. The number of hydrogen-bond donors (Lipinski definition) is 1. The van der Waals surface area contributed by atoms with Crippen LogP contribution < -0.4 is 5.32 Å². The van der Waals surface area contributed by atoms with Gasteiger partial charge in [0, 0.05) is 24.7 Å². The molecule has 4 rings (SSSR count). The summed E-state index contributed by atoms with van der Waals surface area (Å²) in [5, 5.41) is 3.14. The third-order valence-corrected chi connectivity index (χ3v) is 4.96. The summed E-state index contributed by atoms with van der Waals surface area (Å²) in [5.41, 5.74) is -0.752. The van der Waals surface area contributed by atoms with Crippen molar-refractivity contribution in [2.24, 2.45) is 0 Å². The topological polar surface area (TPSA) is 54.7 Å². The van der Waals surface area contributed by atoms with Crippen LogP contribution in [0.15, 0.2) is 40.8 Å². The van der Waals surface area contributed by atoms with Crippen molar-refractivity contribution in [1.29, 1.82) is 0 Å². The molecule has 2 heterocycles. The number of nitrogens with zero attached hydrogens (tertiary/aromatic N) is 1. The van der Waals surface area contributed by atoms with E-state index in [1.54, 1.807) is 17.0 Å². The first-order valence-electron chi connectivity index (χ1n) is 9.31. The molecular formula is C20H21F3N2O3. The number of benzene rings is 1. The van der Waals surface area contributed by atoms with Gasteiger partial charge in [0.2, 0.25) is 0 Å². The first-order valence-corrected chi connectivity index (χ1v) is 9.31. The molecule has 1 saturated carbocycles. The number of alkyl halides is 3. The third kappa shape index (κ3) is 4.07. The van der Waals surface area contributed by atoms with Gasteiger partial charge in [0.05, 0.1) is 18.7 Å². The van der Waals surface area contributed by atoms with E-state index in [2.05, 4.69) is 5.32 Å². The second-order valence-electron chi connectivity index (χ2n) is 7.07. The highest BCUT2D eigenvalue weighted by atomic mass is 19.4. The van der Waals surface area contributed by atoms with E-state index >= 15 is 0 Å². The van der Waals surface area contributed by atoms with Crippen LogP contribution in [0.25, 0.3) is 11.3 Å². The summed E-state index contributed by atoms with van der Waals surface area (Å²) in [4.78, 5) is 14.5. The quantitative estimate of drug-likeness (QED) is 0.844. The Labute approximate surface area is 160 Å². The van der Waals surface area contributed by atoms with E-state index in [1.165, 1.54) is 18.2 Å². The van der Waals surface area contributed by atoms with Crippen LogP contribution >= 0.6 is 0 Å². The van der Waals surface area contributed by atoms with E-state index in [4.69, 9.17) is 9.15 Å². The van der Waals surface area contributed by atoms with Crippen LogP contribution in [0.4, 0.5) is 13.2 Å². The normalized spacial score (nSPS) is 20.2. The maximum absolute atomic E-state index is 13.3. The summed E-state index contributed by atoms with van der Waals surface area (Å²) >= 11 is 0. The summed E-state index contributed by atoms with van der Waals surface area (Å²) in [6.07, 6.45) is -3.17. The van der Waals surface area contributed by atoms with Crippen molar-refractivity contribution in [2.45, 2.75) is 37.7 Å². The van der Waals surface area contributed by atoms with Gasteiger partial charge in [0.15, 0.2) is 0 Å². The molecule has 8 heteroatoms. The summed E-state index contributed by atoms with van der Waals surface area (Å²) in [6.45, 7) is 1.88. The molecule has 1 saturated heterocycles. The zero-order chi connectivity index (χ0) is 19.7. The maximum Gasteiger partial charge on any atom is 0.417 e. The number of hydrogen-bond acceptors (Lipinski definition) is 4. The van der Waals surface area contributed by atoms with Crippen LogP contribution in [0.3, 0.4) is 0 Å². The Morgan fingerprint density at radius 2 is 1.96 bits per heavy atom. The minimum Gasteiger partial charge on any atom is -0.459 e. The standard InChI is InChI=1S/C20H21F3N2O3/c21-20(22,23)16-4-2-1-3-15(16)17-8-7-14(28-17)12-25(13-5-6-13)19(26)18-11-24-9-10-27-18/h1-4,7-8,13,18,24H,5-6,9-12H2. The van der Waals surface area contributed by atoms with Gasteiger partial charge in [-0.15, -0.1) is 0 Å². The van der Waals surface area contributed by atoms with Gasteiger partial charge >= 0.3 is 6.18 Å². The Hall–Kier alpha value is -2.32. The molecule has 1 atom stereocenters. The molecule has 1 amide bonds. The van der Waals surface area contributed by atoms with Crippen LogP contribution in [0.5, 0.6) is 0 Å². The van der Waals surface area contributed by atoms with Crippen molar-refractivity contribution in [1.82, 2.24) is 10.2 Å². The summed E-state index contributed by atoms with van der Waals surface area (Å²) < 4.78 is 51.0. The number of halogens is 3. The number of nitrogens with one attached hydrogen (secondary N) is 1. The maximum atomic E-state index is 13.3. The summed E-state index contributed by atoms with van der Waals surface area (Å²) in [7, 11) is 0. The van der Waals surface area contributed by atoms with Gasteiger partial charge in [-0.2, -0.15) is 13.2 Å². The highest BCUT2D eigenvalue weighted by molar-refractivity contribution is 5.82. The average molecular weight is 394 g/mol. The molecule has 1 unspecified atom stereocenters. The van der Waals surface area contributed by atoms with Gasteiger partial charge < -0.3 is 19.4 Å². The number of furan rings is 1. The number of amides is 1. The first kappa shape index (κ1) is 19.0. The van der Waals surface area contributed by atoms with Crippen LogP contribution in [0, 0.1) is 0 Å². The van der Waals surface area contributed by atoms with Gasteiger partial charge in [-0.05, 0) is 31.0 Å². The van der Waals surface area contributed by atoms with Crippen molar-refractivity contribution < 1.29 is 27.1 Å². The molecule has 1 aliphatic carbocycles. The molecular weight excluding hydrogens is 373 g/mol. The lowest BCUT2D eigenvalue weighted by Crippen LogP contribution is -2.49. The van der Waals surface area contributed by atoms with Gasteiger partial charge in [-0.1, -0.05) is 18.2 Å². The van der Waals surface area contributed by atoms with Crippen molar-refractivity contribution in [3.63, 3.8) is 0 Å². The molecule has 0 bridgehead atoms. The molecule has 2 fully saturated rings. The van der Waals surface area contributed by atoms with Gasteiger partial charge in [0.25, 0.3) is 5.91 Å². The predicted octanol–water partition coefficient (Wildman–Crippen LogP) is 3.44. The zero-order valence-corrected chi connectivity index (χ0v) is 15.2. The predicted molar refractivity (Wildman–Crippen MR) is 95.3 cm³/mol. The highest BCUT2D eigenvalue weighted by Gasteiger charge is 2.38. The minimum atomic E-state index is -4.47. The monoisotopic (exact) mass is 394 g/mol. The van der Waals surface area contributed by atoms with E-state index in [0.29, 0.717) is 25.5 Å². The van der Waals surface area contributed by atoms with Crippen molar-refractivity contribution >= 4 is 5.91 Å². The molecule has 0 spiro atoms. The largest absolute Gasteiger partial charge is 0.459 e. The Morgan fingerprint density at radius 3 is 2.64 bits per heavy atom. The lowest BCUT2D eigenvalue weighted by Gasteiger charge is -2.29. The van der Waals surface area contributed by atoms with Gasteiger partial charge in [-0.3, -0.25) is 4.79 Å². The van der Waals surface area contributed by atoms with E-state index in [1.807, 2.05) is 0 Å². The van der Waals surface area contributed by atoms with E-state index in [0.717, 1.165) is 18.9 Å². The summed E-state index contributed by atoms with van der Waals surface area (Å²) in [5.74, 6) is 0.487. The van der Waals surface area contributed by atoms with E-state index < -0.39 is 17.8 Å². The van der Waals surface area contributed by atoms with Crippen molar-refractivity contribution in [3.8, 4) is 11.3 Å². The van der Waals surface area contributed by atoms with Gasteiger partial charge in [-0.25, -0.2) is 0 Å². The first-order chi connectivity index (χ1) is 13.4. The van der Waals surface area contributed by atoms with E-state index in [9.17, 15) is 18.0 Å². The van der Waals surface area contributed by atoms with Crippen molar-refractivity contribution in [3.05, 3.63) is 47.7 Å². The second-order valence-corrected chi connectivity index (χ2v) is 7.07. The van der Waals surface area contributed by atoms with Gasteiger partial charge in [0.1, 0.15) is 17.6 Å². The zero-order valence-electron chi connectivity index (χ0n) is 15.2. The molecule has 0 radical (unpaired) electrons. The molecule has 5 nitrogen and oxygen atoms in total. The fourth-order valence-electron chi connectivity index (χ4n) is 3.40. The smallest absolute Gasteiger partial charge is 0.417 e. The number of morpholine rings is 1. The Kier molecular flexibility index (Phi) is 5.16. The van der Waals surface area contributed by atoms with Crippen LogP contribution in [0.2, 0.25) is 0 Å². The minimum absolute atomic E-state index is 0.00892. The molecule has 28 heavy (non-hydrogen) atoms. The molecule has 1 aromatic heterocycles. The lowest BCUT2D eigenvalue weighted by atomic mass is 10.1.